The van der Waals surface area contributed by atoms with Gasteiger partial charge in [0.25, 0.3) is 11.9 Å². The van der Waals surface area contributed by atoms with E-state index in [1.54, 1.807) is 6.07 Å². The van der Waals surface area contributed by atoms with Crippen molar-refractivity contribution in [3.63, 3.8) is 0 Å². The number of nitrogens with zero attached hydrogens (tertiary/aromatic N) is 5. The number of amides is 1. The molecule has 1 aromatic carbocycles. The fraction of sp³-hybridized carbons (Fsp3) is 0.235. The summed E-state index contributed by atoms with van der Waals surface area (Å²) in [6, 6.07) is 1.26. The molecule has 1 N–H and O–H groups in total. The van der Waals surface area contributed by atoms with Crippen LogP contribution in [0, 0.1) is 0 Å². The minimum Gasteiger partial charge on any atom is -0.342 e. The third-order valence-electron chi connectivity index (χ3n) is 3.90. The van der Waals surface area contributed by atoms with Crippen LogP contribution in [0.5, 0.6) is 0 Å². The Hall–Kier alpha value is -3.51. The normalized spacial score (nSPS) is 13.2. The Balaban J connectivity index is 1.91. The van der Waals surface area contributed by atoms with Crippen LogP contribution in [0.3, 0.4) is 0 Å². The van der Waals surface area contributed by atoms with Gasteiger partial charge < -0.3 is 5.32 Å². The van der Waals surface area contributed by atoms with E-state index in [1.807, 2.05) is 0 Å². The van der Waals surface area contributed by atoms with E-state index < -0.39 is 41.0 Å². The molecule has 0 fully saturated rings. The van der Waals surface area contributed by atoms with Gasteiger partial charge >= 0.3 is 12.4 Å². The van der Waals surface area contributed by atoms with E-state index in [-0.39, 0.29) is 17.8 Å². The summed E-state index contributed by atoms with van der Waals surface area (Å²) >= 11 is 0. The number of alkyl halides is 6. The van der Waals surface area contributed by atoms with Crippen LogP contribution < -0.4 is 5.32 Å². The summed E-state index contributed by atoms with van der Waals surface area (Å²) in [4.78, 5) is 24.3. The minimum atomic E-state index is -5.06. The second-order valence-corrected chi connectivity index (χ2v) is 6.07. The Morgan fingerprint density at radius 1 is 0.967 bits per heavy atom. The topological polar surface area (TPSA) is 85.6 Å². The molecule has 1 atom stereocenters. The smallest absolute Gasteiger partial charge is 0.342 e. The highest BCUT2D eigenvalue weighted by atomic mass is 19.4. The van der Waals surface area contributed by atoms with Crippen molar-refractivity contribution in [1.82, 2.24) is 30.0 Å². The average molecular weight is 430 g/mol. The van der Waals surface area contributed by atoms with Crippen molar-refractivity contribution < 1.29 is 31.1 Å². The molecule has 2 aromatic heterocycles. The van der Waals surface area contributed by atoms with Crippen molar-refractivity contribution in [2.75, 3.05) is 0 Å². The van der Waals surface area contributed by atoms with E-state index >= 15 is 0 Å². The fourth-order valence-corrected chi connectivity index (χ4v) is 2.53. The van der Waals surface area contributed by atoms with E-state index in [4.69, 9.17) is 0 Å². The van der Waals surface area contributed by atoms with Gasteiger partial charge in [-0.05, 0) is 31.2 Å². The average Bonchev–Trinajstić information content (AvgIpc) is 3.17. The van der Waals surface area contributed by atoms with Gasteiger partial charge in [0.05, 0.1) is 17.2 Å². The second-order valence-electron chi connectivity index (χ2n) is 6.07. The molecular formula is C17H12F6N6O. The number of nitrogens with one attached hydrogen (secondary N) is 1. The molecule has 2 heterocycles. The number of benzene rings is 1. The molecule has 0 aliphatic heterocycles. The quantitative estimate of drug-likeness (QED) is 0.640. The highest BCUT2D eigenvalue weighted by molar-refractivity contribution is 5.94. The summed E-state index contributed by atoms with van der Waals surface area (Å²) in [5.74, 6) is -0.912. The second kappa shape index (κ2) is 7.72. The molecule has 3 aromatic rings. The van der Waals surface area contributed by atoms with Crippen LogP contribution >= 0.6 is 0 Å². The number of hydrogen-bond donors (Lipinski definition) is 1. The molecule has 30 heavy (non-hydrogen) atoms. The van der Waals surface area contributed by atoms with Gasteiger partial charge in [-0.25, -0.2) is 15.0 Å². The lowest BCUT2D eigenvalue weighted by molar-refractivity contribution is -0.143. The lowest BCUT2D eigenvalue weighted by Gasteiger charge is -2.16. The van der Waals surface area contributed by atoms with Crippen LogP contribution in [0.1, 0.15) is 40.3 Å². The lowest BCUT2D eigenvalue weighted by Crippen LogP contribution is -2.29. The first-order valence-corrected chi connectivity index (χ1v) is 8.24. The summed E-state index contributed by atoms with van der Waals surface area (Å²) in [7, 11) is 0. The van der Waals surface area contributed by atoms with Crippen molar-refractivity contribution >= 4 is 5.91 Å². The molecule has 0 aliphatic rings. The zero-order valence-corrected chi connectivity index (χ0v) is 15.0. The molecule has 13 heteroatoms. The monoisotopic (exact) mass is 430 g/mol. The Labute approximate surface area is 164 Å². The molecule has 0 radical (unpaired) electrons. The Morgan fingerprint density at radius 3 is 2.07 bits per heavy atom. The van der Waals surface area contributed by atoms with Gasteiger partial charge in [-0.15, -0.1) is 0 Å². The van der Waals surface area contributed by atoms with Crippen molar-refractivity contribution in [3.05, 3.63) is 65.5 Å². The van der Waals surface area contributed by atoms with Crippen molar-refractivity contribution in [3.8, 4) is 5.95 Å². The molecule has 0 bridgehead atoms. The molecule has 0 unspecified atom stereocenters. The van der Waals surface area contributed by atoms with E-state index in [1.165, 1.54) is 24.0 Å². The Kier molecular flexibility index (Phi) is 5.46. The van der Waals surface area contributed by atoms with Gasteiger partial charge in [-0.1, -0.05) is 0 Å². The number of hydrogen-bond acceptors (Lipinski definition) is 5. The van der Waals surface area contributed by atoms with E-state index in [9.17, 15) is 31.1 Å². The number of halogens is 6. The maximum absolute atomic E-state index is 13.0. The third kappa shape index (κ3) is 4.55. The van der Waals surface area contributed by atoms with Crippen LogP contribution in [0.4, 0.5) is 26.3 Å². The summed E-state index contributed by atoms with van der Waals surface area (Å²) in [5.41, 5.74) is -3.97. The van der Waals surface area contributed by atoms with Gasteiger partial charge in [-0.3, -0.25) is 4.79 Å². The van der Waals surface area contributed by atoms with Crippen LogP contribution in [0.15, 0.2) is 43.0 Å². The van der Waals surface area contributed by atoms with Gasteiger partial charge in [-0.2, -0.15) is 36.1 Å². The zero-order valence-electron chi connectivity index (χ0n) is 15.0. The van der Waals surface area contributed by atoms with Gasteiger partial charge in [0.15, 0.2) is 5.82 Å². The minimum absolute atomic E-state index is 0.0520. The molecule has 158 valence electrons. The van der Waals surface area contributed by atoms with E-state index in [2.05, 4.69) is 25.4 Å². The SMILES string of the molecule is C[C@H](NC(=O)c1cc(C(F)(F)F)cc(C(F)(F)F)c1)c1ncnn1-c1ncccn1. The summed E-state index contributed by atoms with van der Waals surface area (Å²) in [5, 5.41) is 6.23. The molecule has 3 rings (SSSR count). The number of aromatic nitrogens is 5. The largest absolute Gasteiger partial charge is 0.416 e. The molecule has 1 amide bonds. The lowest BCUT2D eigenvalue weighted by atomic mass is 10.0. The molecule has 0 saturated heterocycles. The van der Waals surface area contributed by atoms with Crippen molar-refractivity contribution in [2.45, 2.75) is 25.3 Å². The van der Waals surface area contributed by atoms with Gasteiger partial charge in [0.2, 0.25) is 0 Å². The first-order chi connectivity index (χ1) is 14.0. The predicted molar refractivity (Wildman–Crippen MR) is 89.3 cm³/mol. The standard InChI is InChI=1S/C17H12F6N6O/c1-9(13-26-8-27-29(13)15-24-3-2-4-25-15)28-14(30)10-5-11(16(18,19)20)7-12(6-10)17(21,22)23/h2-9H,1H3,(H,28,30)/t9-/m0/s1. The van der Waals surface area contributed by atoms with Gasteiger partial charge in [0, 0.05) is 18.0 Å². The maximum atomic E-state index is 13.0. The molecule has 0 saturated carbocycles. The first-order valence-electron chi connectivity index (χ1n) is 8.24. The summed E-state index contributed by atoms with van der Waals surface area (Å²) in [6.07, 6.45) is -6.13. The highest BCUT2D eigenvalue weighted by Gasteiger charge is 2.37. The van der Waals surface area contributed by atoms with Crippen LogP contribution in [-0.4, -0.2) is 30.6 Å². The zero-order chi connectivity index (χ0) is 22.1. The fourth-order valence-electron chi connectivity index (χ4n) is 2.53. The Morgan fingerprint density at radius 2 is 1.53 bits per heavy atom. The Bertz CT molecular complexity index is 1010. The molecular weight excluding hydrogens is 418 g/mol. The van der Waals surface area contributed by atoms with Crippen LogP contribution in [-0.2, 0) is 12.4 Å². The van der Waals surface area contributed by atoms with Crippen molar-refractivity contribution in [1.29, 1.82) is 0 Å². The summed E-state index contributed by atoms with van der Waals surface area (Å²) < 4.78 is 79.1. The predicted octanol–water partition coefficient (Wildman–Crippen LogP) is 3.59. The number of rotatable bonds is 4. The van der Waals surface area contributed by atoms with E-state index in [0.717, 1.165) is 6.33 Å². The van der Waals surface area contributed by atoms with Crippen LogP contribution in [0.2, 0.25) is 0 Å². The number of carbonyl (C=O) groups is 1. The molecule has 0 spiro atoms. The van der Waals surface area contributed by atoms with Crippen LogP contribution in [0.25, 0.3) is 5.95 Å². The maximum Gasteiger partial charge on any atom is 0.416 e. The summed E-state index contributed by atoms with van der Waals surface area (Å²) in [6.45, 7) is 1.43. The van der Waals surface area contributed by atoms with E-state index in [0.29, 0.717) is 12.1 Å². The molecule has 7 nitrogen and oxygen atoms in total. The highest BCUT2D eigenvalue weighted by Crippen LogP contribution is 2.36. The number of carbonyl (C=O) groups excluding carboxylic acids is 1. The van der Waals surface area contributed by atoms with Crippen molar-refractivity contribution in [2.24, 2.45) is 0 Å². The first kappa shape index (κ1) is 21.2. The molecule has 0 aliphatic carbocycles. The third-order valence-corrected chi connectivity index (χ3v) is 3.90. The van der Waals surface area contributed by atoms with Gasteiger partial charge in [0.1, 0.15) is 6.33 Å².